The number of urea groups is 1. The van der Waals surface area contributed by atoms with Gasteiger partial charge in [-0.25, -0.2) is 36.9 Å². The van der Waals surface area contributed by atoms with Crippen LogP contribution in [0.3, 0.4) is 0 Å². The molecule has 1 fully saturated rings. The van der Waals surface area contributed by atoms with Gasteiger partial charge in [0.05, 0.1) is 35.0 Å². The van der Waals surface area contributed by atoms with Crippen LogP contribution in [0.5, 0.6) is 17.4 Å². The van der Waals surface area contributed by atoms with E-state index in [9.17, 15) is 31.9 Å². The number of amides is 3. The van der Waals surface area contributed by atoms with Crippen molar-refractivity contribution >= 4 is 40.1 Å². The molecule has 6 rings (SSSR count). The first kappa shape index (κ1) is 31.1. The number of halogens is 4. The predicted molar refractivity (Wildman–Crippen MR) is 160 cm³/mol. The number of nitrogen functional groups attached to an aromatic ring is 1. The third-order valence-electron chi connectivity index (χ3n) is 7.37. The van der Waals surface area contributed by atoms with Crippen LogP contribution in [-0.4, -0.2) is 56.0 Å². The SMILES string of the molecule is Cc1cc(Oc2c(F)cccc2F)ncc1-n1ncc(C(=O)c2cc3cc(OCC(F)F)c(N4C(=O)NC(C)(C)C4=O)cc3[nH]2)c1N. The first-order valence-electron chi connectivity index (χ1n) is 14.0. The summed E-state index contributed by atoms with van der Waals surface area (Å²) in [6.07, 6.45) is -0.290. The van der Waals surface area contributed by atoms with Gasteiger partial charge >= 0.3 is 6.03 Å². The van der Waals surface area contributed by atoms with Gasteiger partial charge in [-0.15, -0.1) is 0 Å². The molecule has 242 valence electrons. The molecule has 3 aromatic heterocycles. The van der Waals surface area contributed by atoms with Crippen molar-refractivity contribution in [1.29, 1.82) is 0 Å². The first-order chi connectivity index (χ1) is 22.2. The zero-order valence-electron chi connectivity index (χ0n) is 24.9. The Morgan fingerprint density at radius 2 is 1.79 bits per heavy atom. The van der Waals surface area contributed by atoms with E-state index in [1.807, 2.05) is 0 Å². The molecule has 0 saturated carbocycles. The fourth-order valence-corrected chi connectivity index (χ4v) is 5.04. The van der Waals surface area contributed by atoms with E-state index >= 15 is 0 Å². The van der Waals surface area contributed by atoms with Crippen molar-refractivity contribution in [2.75, 3.05) is 17.2 Å². The molecule has 12 nitrogen and oxygen atoms in total. The molecule has 0 radical (unpaired) electrons. The molecule has 0 aliphatic carbocycles. The number of fused-ring (bicyclic) bond motifs is 1. The highest BCUT2D eigenvalue weighted by molar-refractivity contribution is 6.24. The maximum Gasteiger partial charge on any atom is 0.329 e. The topological polar surface area (TPSA) is 157 Å². The Morgan fingerprint density at radius 1 is 1.06 bits per heavy atom. The molecule has 4 heterocycles. The van der Waals surface area contributed by atoms with Gasteiger partial charge < -0.3 is 25.5 Å². The molecule has 47 heavy (non-hydrogen) atoms. The number of aromatic amines is 1. The standard InChI is InChI=1S/C31H25F4N7O5/c1-14-7-25(47-27-17(32)5-4-6-18(27)33)37-12-22(14)42-28(36)16(11-38-42)26(43)20-8-15-9-23(46-13-24(34)35)21(10-19(15)39-20)41-29(44)31(2,3)40-30(41)45/h4-12,24,39H,13,36H2,1-3H3,(H,40,45). The fraction of sp³-hybridized carbons (Fsp3) is 0.194. The minimum atomic E-state index is -2.83. The number of ketones is 1. The second-order valence-corrected chi connectivity index (χ2v) is 11.1. The molecule has 4 N–H and O–H groups in total. The largest absolute Gasteiger partial charge is 0.485 e. The van der Waals surface area contributed by atoms with Crippen LogP contribution in [0.1, 0.15) is 35.5 Å². The third kappa shape index (κ3) is 5.57. The zero-order chi connectivity index (χ0) is 33.8. The summed E-state index contributed by atoms with van der Waals surface area (Å²) in [5, 5.41) is 7.10. The summed E-state index contributed by atoms with van der Waals surface area (Å²) < 4.78 is 66.0. The Kier molecular flexibility index (Phi) is 7.57. The first-order valence-corrected chi connectivity index (χ1v) is 14.0. The Balaban J connectivity index is 1.31. The summed E-state index contributed by atoms with van der Waals surface area (Å²) in [7, 11) is 0. The maximum absolute atomic E-state index is 14.0. The summed E-state index contributed by atoms with van der Waals surface area (Å²) in [6.45, 7) is 3.64. The lowest BCUT2D eigenvalue weighted by atomic mass is 10.1. The molecule has 5 aromatic rings. The lowest BCUT2D eigenvalue weighted by molar-refractivity contribution is -0.121. The number of pyridine rings is 1. The van der Waals surface area contributed by atoms with Gasteiger partial charge in [0.15, 0.2) is 11.6 Å². The van der Waals surface area contributed by atoms with Crippen molar-refractivity contribution in [2.45, 2.75) is 32.7 Å². The number of carbonyl (C=O) groups excluding carboxylic acids is 3. The Labute approximate surface area is 263 Å². The van der Waals surface area contributed by atoms with Gasteiger partial charge in [0.25, 0.3) is 12.3 Å². The molecule has 1 saturated heterocycles. The number of carbonyl (C=O) groups is 3. The van der Waals surface area contributed by atoms with Crippen molar-refractivity contribution in [1.82, 2.24) is 25.1 Å². The van der Waals surface area contributed by atoms with Gasteiger partial charge in [-0.2, -0.15) is 5.10 Å². The normalized spacial score (nSPS) is 14.3. The Bertz CT molecular complexity index is 2070. The van der Waals surface area contributed by atoms with Gasteiger partial charge in [-0.1, -0.05) is 6.07 Å². The molecule has 3 amide bonds. The summed E-state index contributed by atoms with van der Waals surface area (Å²) in [6, 6.07) is 8.06. The second-order valence-electron chi connectivity index (χ2n) is 11.1. The predicted octanol–water partition coefficient (Wildman–Crippen LogP) is 5.42. The minimum Gasteiger partial charge on any atom is -0.485 e. The molecule has 0 atom stereocenters. The highest BCUT2D eigenvalue weighted by atomic mass is 19.3. The number of hydrogen-bond acceptors (Lipinski definition) is 8. The van der Waals surface area contributed by atoms with Crippen LogP contribution in [0.15, 0.2) is 54.9 Å². The van der Waals surface area contributed by atoms with Crippen LogP contribution in [0.4, 0.5) is 33.9 Å². The third-order valence-corrected chi connectivity index (χ3v) is 7.37. The number of para-hydroxylation sites is 1. The Morgan fingerprint density at radius 3 is 2.43 bits per heavy atom. The number of anilines is 2. The second kappa shape index (κ2) is 11.5. The van der Waals surface area contributed by atoms with Gasteiger partial charge in [0.1, 0.15) is 23.7 Å². The molecule has 0 spiro atoms. The summed E-state index contributed by atoms with van der Waals surface area (Å²) >= 11 is 0. The van der Waals surface area contributed by atoms with E-state index in [1.54, 1.807) is 6.92 Å². The van der Waals surface area contributed by atoms with E-state index in [4.69, 9.17) is 15.2 Å². The smallest absolute Gasteiger partial charge is 0.329 e. The van der Waals surface area contributed by atoms with E-state index in [0.717, 1.165) is 17.0 Å². The van der Waals surface area contributed by atoms with Crippen molar-refractivity contribution in [2.24, 2.45) is 0 Å². The molecular weight excluding hydrogens is 626 g/mol. The van der Waals surface area contributed by atoms with Crippen LogP contribution in [0.25, 0.3) is 16.6 Å². The number of aromatic nitrogens is 4. The number of H-pyrrole nitrogens is 1. The van der Waals surface area contributed by atoms with Crippen molar-refractivity contribution < 1.29 is 41.4 Å². The maximum atomic E-state index is 14.0. The Hall–Kier alpha value is -5.93. The van der Waals surface area contributed by atoms with Gasteiger partial charge in [-0.05, 0) is 56.7 Å². The van der Waals surface area contributed by atoms with E-state index in [2.05, 4.69) is 20.4 Å². The van der Waals surface area contributed by atoms with Crippen LogP contribution in [-0.2, 0) is 4.79 Å². The summed E-state index contributed by atoms with van der Waals surface area (Å²) in [5.41, 5.74) is 6.15. The van der Waals surface area contributed by atoms with Crippen LogP contribution < -0.4 is 25.4 Å². The van der Waals surface area contributed by atoms with Crippen molar-refractivity contribution in [3.8, 4) is 23.1 Å². The summed E-state index contributed by atoms with van der Waals surface area (Å²) in [5.74, 6) is -3.96. The molecule has 1 aliphatic heterocycles. The van der Waals surface area contributed by atoms with Crippen LogP contribution in [0, 0.1) is 18.6 Å². The molecular formula is C31H25F4N7O5. The van der Waals surface area contributed by atoms with E-state index in [0.29, 0.717) is 22.2 Å². The number of nitrogens with two attached hydrogens (primary N) is 1. The lowest BCUT2D eigenvalue weighted by Gasteiger charge is -2.19. The molecule has 2 aromatic carbocycles. The summed E-state index contributed by atoms with van der Waals surface area (Å²) in [4.78, 5) is 47.1. The van der Waals surface area contributed by atoms with E-state index in [-0.39, 0.29) is 34.4 Å². The number of imide groups is 1. The highest BCUT2D eigenvalue weighted by Crippen LogP contribution is 2.38. The van der Waals surface area contributed by atoms with Gasteiger partial charge in [0, 0.05) is 17.0 Å². The quantitative estimate of drug-likeness (QED) is 0.108. The molecule has 1 aliphatic rings. The van der Waals surface area contributed by atoms with Crippen molar-refractivity contribution in [3.63, 3.8) is 0 Å². The fourth-order valence-electron chi connectivity index (χ4n) is 5.04. The average Bonchev–Trinajstić information content (AvgIpc) is 3.65. The zero-order valence-corrected chi connectivity index (χ0v) is 24.9. The van der Waals surface area contributed by atoms with Crippen LogP contribution >= 0.6 is 0 Å². The average molecular weight is 652 g/mol. The van der Waals surface area contributed by atoms with Crippen molar-refractivity contribution in [3.05, 3.63) is 83.3 Å². The molecule has 0 unspecified atom stereocenters. The number of hydrogen-bond donors (Lipinski definition) is 3. The number of benzene rings is 2. The van der Waals surface area contributed by atoms with E-state index in [1.165, 1.54) is 61.3 Å². The van der Waals surface area contributed by atoms with Crippen LogP contribution in [0.2, 0.25) is 0 Å². The number of rotatable bonds is 9. The lowest BCUT2D eigenvalue weighted by Crippen LogP contribution is -2.40. The van der Waals surface area contributed by atoms with Gasteiger partial charge in [0.2, 0.25) is 17.4 Å². The number of nitrogens with one attached hydrogen (secondary N) is 2. The number of ether oxygens (including phenoxy) is 2. The number of alkyl halides is 2. The monoisotopic (exact) mass is 651 g/mol. The number of aryl methyl sites for hydroxylation is 1. The van der Waals surface area contributed by atoms with Gasteiger partial charge in [-0.3, -0.25) is 9.59 Å². The molecule has 16 heteroatoms. The number of nitrogens with zero attached hydrogens (tertiary/aromatic N) is 4. The minimum absolute atomic E-state index is 0.00467. The van der Waals surface area contributed by atoms with E-state index < -0.39 is 53.7 Å². The molecule has 0 bridgehead atoms. The highest BCUT2D eigenvalue weighted by Gasteiger charge is 2.46.